The van der Waals surface area contributed by atoms with E-state index in [2.05, 4.69) is 14.9 Å². The number of anilines is 3. The van der Waals surface area contributed by atoms with Gasteiger partial charge in [-0.25, -0.2) is 23.7 Å². The summed E-state index contributed by atoms with van der Waals surface area (Å²) in [5.74, 6) is 0.278. The van der Waals surface area contributed by atoms with Crippen molar-refractivity contribution in [1.29, 1.82) is 0 Å². The van der Waals surface area contributed by atoms with Gasteiger partial charge >= 0.3 is 0 Å². The predicted octanol–water partition coefficient (Wildman–Crippen LogP) is 3.33. The minimum absolute atomic E-state index is 0.0617. The van der Waals surface area contributed by atoms with E-state index in [1.807, 2.05) is 4.90 Å². The van der Waals surface area contributed by atoms with Crippen molar-refractivity contribution in [3.8, 4) is 10.7 Å². The molecule has 6 rings (SSSR count). The van der Waals surface area contributed by atoms with E-state index >= 15 is 0 Å². The molecule has 0 amide bonds. The van der Waals surface area contributed by atoms with E-state index in [0.717, 1.165) is 27.7 Å². The van der Waals surface area contributed by atoms with Crippen LogP contribution >= 0.6 is 11.3 Å². The van der Waals surface area contributed by atoms with Crippen molar-refractivity contribution in [3.05, 3.63) is 47.0 Å². The summed E-state index contributed by atoms with van der Waals surface area (Å²) in [4.78, 5) is 18.9. The number of epoxide rings is 1. The molecule has 0 bridgehead atoms. The van der Waals surface area contributed by atoms with Gasteiger partial charge < -0.3 is 20.3 Å². The summed E-state index contributed by atoms with van der Waals surface area (Å²) in [5.41, 5.74) is 8.43. The second kappa shape index (κ2) is 7.10. The Kier molecular flexibility index (Phi) is 4.32. The molecular weight excluding hydrogens is 422 g/mol. The van der Waals surface area contributed by atoms with Crippen molar-refractivity contribution < 1.29 is 13.5 Å². The van der Waals surface area contributed by atoms with Crippen LogP contribution in [0.5, 0.6) is 0 Å². The number of halogens is 2. The molecule has 5 heterocycles. The summed E-state index contributed by atoms with van der Waals surface area (Å²) < 4.78 is 32.9. The van der Waals surface area contributed by atoms with Crippen LogP contribution in [0.3, 0.4) is 0 Å². The molecule has 2 saturated heterocycles. The number of thiazole rings is 1. The smallest absolute Gasteiger partial charge is 0.162 e. The van der Waals surface area contributed by atoms with Crippen LogP contribution in [0.25, 0.3) is 10.7 Å². The number of alkyl halides is 1. The molecular formula is C21H20F2N6OS. The Bertz CT molecular complexity index is 1140. The largest absolute Gasteiger partial charge is 0.396 e. The van der Waals surface area contributed by atoms with Crippen LogP contribution in [0.15, 0.2) is 30.6 Å². The molecule has 0 aliphatic carbocycles. The van der Waals surface area contributed by atoms with Gasteiger partial charge in [-0.05, 0) is 24.6 Å². The number of nitrogens with two attached hydrogens (primary N) is 1. The fraction of sp³-hybridized carbons (Fsp3) is 0.381. The van der Waals surface area contributed by atoms with Gasteiger partial charge in [0, 0.05) is 25.2 Å². The van der Waals surface area contributed by atoms with E-state index in [-0.39, 0.29) is 18.0 Å². The molecule has 3 atom stereocenters. The first-order chi connectivity index (χ1) is 15.1. The highest BCUT2D eigenvalue weighted by molar-refractivity contribution is 7.15. The number of nitrogen functional groups attached to an aromatic ring is 1. The number of hydrogen-bond donors (Lipinski definition) is 1. The Labute approximate surface area is 181 Å². The molecule has 0 saturated carbocycles. The van der Waals surface area contributed by atoms with E-state index < -0.39 is 12.0 Å². The Morgan fingerprint density at radius 3 is 2.84 bits per heavy atom. The van der Waals surface area contributed by atoms with Gasteiger partial charge in [0.15, 0.2) is 6.23 Å². The number of aromatic nitrogens is 3. The van der Waals surface area contributed by atoms with Crippen LogP contribution in [-0.4, -0.2) is 47.0 Å². The zero-order valence-electron chi connectivity index (χ0n) is 16.5. The fourth-order valence-corrected chi connectivity index (χ4v) is 5.40. The van der Waals surface area contributed by atoms with Gasteiger partial charge in [-0.15, -0.1) is 11.3 Å². The van der Waals surface area contributed by atoms with Crippen molar-refractivity contribution in [1.82, 2.24) is 15.0 Å². The van der Waals surface area contributed by atoms with E-state index in [1.54, 1.807) is 35.9 Å². The number of hydrogen-bond acceptors (Lipinski definition) is 8. The third-order valence-electron chi connectivity index (χ3n) is 5.97. The Balaban J connectivity index is 1.22. The maximum Gasteiger partial charge on any atom is 0.162 e. The zero-order chi connectivity index (χ0) is 21.1. The second-order valence-electron chi connectivity index (χ2n) is 8.02. The van der Waals surface area contributed by atoms with Gasteiger partial charge in [0.05, 0.1) is 35.2 Å². The molecule has 0 spiro atoms. The number of nitrogens with zero attached hydrogens (tertiary/aromatic N) is 5. The Hall–Kier alpha value is -2.85. The lowest BCUT2D eigenvalue weighted by Crippen LogP contribution is -2.28. The van der Waals surface area contributed by atoms with Crippen LogP contribution in [0.2, 0.25) is 0 Å². The molecule has 0 radical (unpaired) electrons. The maximum absolute atomic E-state index is 13.5. The second-order valence-corrected chi connectivity index (χ2v) is 9.05. The number of rotatable bonds is 3. The molecule has 2 fully saturated rings. The first kappa shape index (κ1) is 18.9. The quantitative estimate of drug-likeness (QED) is 0.492. The third-order valence-corrected chi connectivity index (χ3v) is 7.16. The topological polar surface area (TPSA) is 83.7 Å². The minimum Gasteiger partial charge on any atom is -0.396 e. The molecule has 3 aliphatic heterocycles. The lowest BCUT2D eigenvalue weighted by Gasteiger charge is -2.22. The van der Waals surface area contributed by atoms with Crippen LogP contribution in [0.1, 0.15) is 23.1 Å². The van der Waals surface area contributed by atoms with Crippen LogP contribution in [-0.2, 0) is 11.2 Å². The summed E-state index contributed by atoms with van der Waals surface area (Å²) in [7, 11) is 0. The fourth-order valence-electron chi connectivity index (χ4n) is 4.27. The standard InChI is InChI=1S/C21H20F2N6OS/c22-11-3-5-28(10-11)17-9-25-16(8-26-17)20-27-15-4-6-29(21-18(30-21)19(15)31-20)12-1-2-13(23)14(24)7-12/h1-2,7-9,11,18,21H,3-6,10,24H2. The van der Waals surface area contributed by atoms with Gasteiger partial charge in [0.25, 0.3) is 0 Å². The van der Waals surface area contributed by atoms with Crippen molar-refractivity contribution in [3.63, 3.8) is 0 Å². The van der Waals surface area contributed by atoms with E-state index in [9.17, 15) is 8.78 Å². The molecule has 160 valence electrons. The highest BCUT2D eigenvalue weighted by atomic mass is 32.1. The highest BCUT2D eigenvalue weighted by Gasteiger charge is 2.49. The predicted molar refractivity (Wildman–Crippen MR) is 114 cm³/mol. The zero-order valence-corrected chi connectivity index (χ0v) is 17.4. The normalized spacial score (nSPS) is 24.6. The molecule has 2 aromatic heterocycles. The van der Waals surface area contributed by atoms with Crippen molar-refractivity contribution >= 4 is 28.5 Å². The minimum atomic E-state index is -0.798. The van der Waals surface area contributed by atoms with Crippen LogP contribution in [0.4, 0.5) is 26.0 Å². The summed E-state index contributed by atoms with van der Waals surface area (Å²) in [6, 6.07) is 4.76. The highest BCUT2D eigenvalue weighted by Crippen LogP contribution is 2.49. The molecule has 3 aliphatic rings. The summed E-state index contributed by atoms with van der Waals surface area (Å²) in [5, 5.41) is 0.808. The lowest BCUT2D eigenvalue weighted by atomic mass is 10.2. The van der Waals surface area contributed by atoms with E-state index in [4.69, 9.17) is 15.5 Å². The number of ether oxygens (including phenoxy) is 1. The Morgan fingerprint density at radius 1 is 1.19 bits per heavy atom. The summed E-state index contributed by atoms with van der Waals surface area (Å²) >= 11 is 1.57. The summed E-state index contributed by atoms with van der Waals surface area (Å²) in [6.07, 6.45) is 3.72. The number of fused-ring (bicyclic) bond motifs is 3. The van der Waals surface area contributed by atoms with Gasteiger partial charge in [-0.3, -0.25) is 0 Å². The van der Waals surface area contributed by atoms with Gasteiger partial charge in [-0.2, -0.15) is 0 Å². The monoisotopic (exact) mass is 442 g/mol. The molecule has 31 heavy (non-hydrogen) atoms. The van der Waals surface area contributed by atoms with Crippen molar-refractivity contribution in [2.24, 2.45) is 0 Å². The van der Waals surface area contributed by atoms with Gasteiger partial charge in [0.1, 0.15) is 34.6 Å². The van der Waals surface area contributed by atoms with Gasteiger partial charge in [0.2, 0.25) is 0 Å². The summed E-state index contributed by atoms with van der Waals surface area (Å²) in [6.45, 7) is 1.74. The molecule has 10 heteroatoms. The average Bonchev–Trinajstić information content (AvgIpc) is 3.28. The van der Waals surface area contributed by atoms with E-state index in [1.165, 1.54) is 6.07 Å². The average molecular weight is 442 g/mol. The van der Waals surface area contributed by atoms with E-state index in [0.29, 0.717) is 37.6 Å². The molecule has 3 aromatic rings. The van der Waals surface area contributed by atoms with Crippen LogP contribution < -0.4 is 15.5 Å². The van der Waals surface area contributed by atoms with Gasteiger partial charge in [-0.1, -0.05) is 0 Å². The van der Waals surface area contributed by atoms with Crippen molar-refractivity contribution in [2.75, 3.05) is 35.2 Å². The molecule has 3 unspecified atom stereocenters. The molecule has 1 aromatic carbocycles. The SMILES string of the molecule is Nc1cc(N2CCc3nc(-c4cnc(N5CCC(F)C5)cn4)sc3C3OC32)ccc1F. The number of benzene rings is 1. The van der Waals surface area contributed by atoms with Crippen LogP contribution in [0, 0.1) is 5.82 Å². The first-order valence-electron chi connectivity index (χ1n) is 10.2. The molecule has 7 nitrogen and oxygen atoms in total. The molecule has 2 N–H and O–H groups in total. The maximum atomic E-state index is 13.5. The lowest BCUT2D eigenvalue weighted by molar-refractivity contribution is 0.364. The van der Waals surface area contributed by atoms with Crippen molar-refractivity contribution in [2.45, 2.75) is 31.3 Å². The Morgan fingerprint density at radius 2 is 2.10 bits per heavy atom. The third kappa shape index (κ3) is 3.30. The first-order valence-corrected chi connectivity index (χ1v) is 11.1.